The molecule has 0 radical (unpaired) electrons. The number of likely N-dealkylation sites (N-methyl/N-ethyl adjacent to an activating group) is 1. The highest BCUT2D eigenvalue weighted by Gasteiger charge is 2.25. The quantitative estimate of drug-likeness (QED) is 0.754. The molecule has 3 unspecified atom stereocenters. The molecule has 0 aromatic carbocycles. The first-order valence-electron chi connectivity index (χ1n) is 6.67. The minimum Gasteiger partial charge on any atom is -0.383 e. The molecule has 0 heterocycles. The number of methoxy groups -OCH3 is 1. The van der Waals surface area contributed by atoms with Gasteiger partial charge in [0, 0.05) is 25.7 Å². The summed E-state index contributed by atoms with van der Waals surface area (Å²) in [5, 5.41) is 0. The lowest BCUT2D eigenvalue weighted by atomic mass is 9.84. The highest BCUT2D eigenvalue weighted by molar-refractivity contribution is 4.81. The predicted molar refractivity (Wildman–Crippen MR) is 68.5 cm³/mol. The van der Waals surface area contributed by atoms with E-state index >= 15 is 0 Å². The molecule has 0 amide bonds. The van der Waals surface area contributed by atoms with Crippen LogP contribution in [-0.4, -0.2) is 43.8 Å². The SMILES string of the molecule is CCN(CC1CCCCC1N)C(C)COC. The molecular weight excluding hydrogens is 200 g/mol. The van der Waals surface area contributed by atoms with Crippen LogP contribution in [0.4, 0.5) is 0 Å². The number of rotatable bonds is 6. The first kappa shape index (κ1) is 13.9. The Morgan fingerprint density at radius 3 is 2.62 bits per heavy atom. The number of hydrogen-bond acceptors (Lipinski definition) is 3. The van der Waals surface area contributed by atoms with Crippen molar-refractivity contribution in [2.24, 2.45) is 11.7 Å². The van der Waals surface area contributed by atoms with Crippen molar-refractivity contribution in [1.29, 1.82) is 0 Å². The molecule has 0 spiro atoms. The van der Waals surface area contributed by atoms with Crippen LogP contribution in [0.25, 0.3) is 0 Å². The van der Waals surface area contributed by atoms with E-state index in [9.17, 15) is 0 Å². The molecule has 0 saturated heterocycles. The Morgan fingerprint density at radius 2 is 2.06 bits per heavy atom. The Balaban J connectivity index is 2.41. The van der Waals surface area contributed by atoms with Crippen LogP contribution in [0, 0.1) is 5.92 Å². The second-order valence-corrected chi connectivity index (χ2v) is 5.10. The smallest absolute Gasteiger partial charge is 0.0615 e. The molecule has 0 aromatic rings. The van der Waals surface area contributed by atoms with E-state index in [1.807, 2.05) is 0 Å². The molecule has 2 N–H and O–H groups in total. The molecule has 3 atom stereocenters. The highest BCUT2D eigenvalue weighted by atomic mass is 16.5. The van der Waals surface area contributed by atoms with Crippen LogP contribution in [-0.2, 0) is 4.74 Å². The van der Waals surface area contributed by atoms with Gasteiger partial charge in [-0.2, -0.15) is 0 Å². The van der Waals surface area contributed by atoms with Crippen molar-refractivity contribution in [3.8, 4) is 0 Å². The van der Waals surface area contributed by atoms with Crippen LogP contribution in [0.3, 0.4) is 0 Å². The minimum absolute atomic E-state index is 0.414. The van der Waals surface area contributed by atoms with E-state index in [1.54, 1.807) is 7.11 Å². The summed E-state index contributed by atoms with van der Waals surface area (Å²) in [6.45, 7) is 7.51. The average Bonchev–Trinajstić information content (AvgIpc) is 2.28. The summed E-state index contributed by atoms with van der Waals surface area (Å²) in [6, 6.07) is 0.918. The Hall–Kier alpha value is -0.120. The first-order chi connectivity index (χ1) is 7.69. The van der Waals surface area contributed by atoms with Gasteiger partial charge in [0.2, 0.25) is 0 Å². The van der Waals surface area contributed by atoms with Crippen molar-refractivity contribution in [3.63, 3.8) is 0 Å². The molecule has 0 aliphatic heterocycles. The van der Waals surface area contributed by atoms with E-state index < -0.39 is 0 Å². The van der Waals surface area contributed by atoms with E-state index in [0.717, 1.165) is 19.7 Å². The fraction of sp³-hybridized carbons (Fsp3) is 1.00. The van der Waals surface area contributed by atoms with Gasteiger partial charge in [0.05, 0.1) is 6.61 Å². The molecule has 1 saturated carbocycles. The van der Waals surface area contributed by atoms with Crippen molar-refractivity contribution >= 4 is 0 Å². The predicted octanol–water partition coefficient (Wildman–Crippen LogP) is 1.86. The van der Waals surface area contributed by atoms with Gasteiger partial charge in [0.1, 0.15) is 0 Å². The first-order valence-corrected chi connectivity index (χ1v) is 6.67. The zero-order valence-electron chi connectivity index (χ0n) is 11.1. The molecule has 0 aromatic heterocycles. The van der Waals surface area contributed by atoms with Gasteiger partial charge < -0.3 is 10.5 Å². The normalized spacial score (nSPS) is 28.3. The maximum absolute atomic E-state index is 6.20. The summed E-state index contributed by atoms with van der Waals surface area (Å²) >= 11 is 0. The van der Waals surface area contributed by atoms with Gasteiger partial charge >= 0.3 is 0 Å². The van der Waals surface area contributed by atoms with E-state index in [1.165, 1.54) is 25.7 Å². The summed E-state index contributed by atoms with van der Waals surface area (Å²) in [6.07, 6.45) is 5.18. The maximum atomic E-state index is 6.20. The maximum Gasteiger partial charge on any atom is 0.0615 e. The van der Waals surface area contributed by atoms with Gasteiger partial charge in [-0.25, -0.2) is 0 Å². The average molecular weight is 228 g/mol. The van der Waals surface area contributed by atoms with Gasteiger partial charge in [-0.3, -0.25) is 4.90 Å². The lowest BCUT2D eigenvalue weighted by Crippen LogP contribution is -2.45. The molecule has 16 heavy (non-hydrogen) atoms. The molecule has 3 heteroatoms. The molecule has 1 aliphatic rings. The Kier molecular flexibility index (Phi) is 6.32. The van der Waals surface area contributed by atoms with Crippen LogP contribution < -0.4 is 5.73 Å². The van der Waals surface area contributed by atoms with Crippen molar-refractivity contribution in [3.05, 3.63) is 0 Å². The second kappa shape index (κ2) is 7.25. The topological polar surface area (TPSA) is 38.5 Å². The van der Waals surface area contributed by atoms with Crippen LogP contribution >= 0.6 is 0 Å². The number of ether oxygens (including phenoxy) is 1. The summed E-state index contributed by atoms with van der Waals surface area (Å²) < 4.78 is 5.23. The second-order valence-electron chi connectivity index (χ2n) is 5.10. The molecule has 3 nitrogen and oxygen atoms in total. The third-order valence-corrected chi connectivity index (χ3v) is 3.87. The Bertz CT molecular complexity index is 187. The molecule has 0 bridgehead atoms. The highest BCUT2D eigenvalue weighted by Crippen LogP contribution is 2.24. The molecule has 96 valence electrons. The van der Waals surface area contributed by atoms with Crippen molar-refractivity contribution < 1.29 is 4.74 Å². The summed E-state index contributed by atoms with van der Waals surface area (Å²) in [5.41, 5.74) is 6.20. The van der Waals surface area contributed by atoms with E-state index in [2.05, 4.69) is 18.7 Å². The van der Waals surface area contributed by atoms with E-state index in [4.69, 9.17) is 10.5 Å². The standard InChI is InChI=1S/C13H28N2O/c1-4-15(11(2)10-16-3)9-12-7-5-6-8-13(12)14/h11-13H,4-10,14H2,1-3H3. The molecule has 1 aliphatic carbocycles. The van der Waals surface area contributed by atoms with Crippen LogP contribution in [0.5, 0.6) is 0 Å². The van der Waals surface area contributed by atoms with Gasteiger partial charge in [-0.15, -0.1) is 0 Å². The zero-order chi connectivity index (χ0) is 12.0. The Labute approximate surface area is 100 Å². The summed E-state index contributed by atoms with van der Waals surface area (Å²) in [5.74, 6) is 0.688. The van der Waals surface area contributed by atoms with Crippen LogP contribution in [0.1, 0.15) is 39.5 Å². The van der Waals surface area contributed by atoms with Gasteiger partial charge in [0.15, 0.2) is 0 Å². The van der Waals surface area contributed by atoms with Crippen molar-refractivity contribution in [2.45, 2.75) is 51.6 Å². The third-order valence-electron chi connectivity index (χ3n) is 3.87. The monoisotopic (exact) mass is 228 g/mol. The van der Waals surface area contributed by atoms with Gasteiger partial charge in [-0.05, 0) is 32.2 Å². The molecule has 1 fully saturated rings. The number of hydrogen-bond donors (Lipinski definition) is 1. The van der Waals surface area contributed by atoms with Crippen LogP contribution in [0.15, 0.2) is 0 Å². The Morgan fingerprint density at radius 1 is 1.38 bits per heavy atom. The number of nitrogens with two attached hydrogens (primary N) is 1. The minimum atomic E-state index is 0.414. The summed E-state index contributed by atoms with van der Waals surface area (Å²) in [7, 11) is 1.77. The summed E-state index contributed by atoms with van der Waals surface area (Å²) in [4.78, 5) is 2.50. The third kappa shape index (κ3) is 4.04. The lowest BCUT2D eigenvalue weighted by Gasteiger charge is -2.35. The van der Waals surface area contributed by atoms with Gasteiger partial charge in [0.25, 0.3) is 0 Å². The number of nitrogens with zero attached hydrogens (tertiary/aromatic N) is 1. The van der Waals surface area contributed by atoms with E-state index in [-0.39, 0.29) is 0 Å². The fourth-order valence-electron chi connectivity index (χ4n) is 2.73. The van der Waals surface area contributed by atoms with E-state index in [0.29, 0.717) is 18.0 Å². The van der Waals surface area contributed by atoms with Crippen molar-refractivity contribution in [1.82, 2.24) is 4.90 Å². The molecular formula is C13H28N2O. The van der Waals surface area contributed by atoms with Crippen molar-refractivity contribution in [2.75, 3.05) is 26.8 Å². The fourth-order valence-corrected chi connectivity index (χ4v) is 2.73. The molecule has 1 rings (SSSR count). The van der Waals surface area contributed by atoms with Gasteiger partial charge in [-0.1, -0.05) is 19.8 Å². The lowest BCUT2D eigenvalue weighted by molar-refractivity contribution is 0.0823. The largest absolute Gasteiger partial charge is 0.383 e. The van der Waals surface area contributed by atoms with Crippen LogP contribution in [0.2, 0.25) is 0 Å². The zero-order valence-corrected chi connectivity index (χ0v) is 11.1.